The van der Waals surface area contributed by atoms with E-state index in [0.29, 0.717) is 0 Å². The van der Waals surface area contributed by atoms with E-state index in [1.54, 1.807) is 6.07 Å². The number of halogens is 1. The lowest BCUT2D eigenvalue weighted by Gasteiger charge is -2.10. The predicted molar refractivity (Wildman–Crippen MR) is 46.5 cm³/mol. The highest BCUT2D eigenvalue weighted by Gasteiger charge is 2.45. The highest BCUT2D eigenvalue weighted by atomic mass is 19.1. The maximum absolute atomic E-state index is 13.2. The first-order valence-corrected chi connectivity index (χ1v) is 3.90. The molecule has 1 aromatic carbocycles. The number of anilines is 1. The second-order valence-electron chi connectivity index (χ2n) is 3.04. The number of fused-ring (bicyclic) bond motifs is 1. The summed E-state index contributed by atoms with van der Waals surface area (Å²) < 4.78 is 13.2. The number of para-hydroxylation sites is 1. The van der Waals surface area contributed by atoms with E-state index in [1.807, 2.05) is 0 Å². The lowest BCUT2D eigenvalue weighted by molar-refractivity contribution is -0.118. The smallest absolute Gasteiger partial charge is 0.264 e. The quantitative estimate of drug-likeness (QED) is 0.625. The van der Waals surface area contributed by atoms with Crippen LogP contribution in [-0.4, -0.2) is 5.91 Å². The van der Waals surface area contributed by atoms with Gasteiger partial charge in [0, 0.05) is 5.56 Å². The molecule has 4 nitrogen and oxygen atoms in total. The molecular formula is C9H6FN3O. The molecule has 0 aliphatic carbocycles. The Balaban J connectivity index is 2.72. The Morgan fingerprint density at radius 3 is 2.93 bits per heavy atom. The van der Waals surface area contributed by atoms with Crippen molar-refractivity contribution in [3.63, 3.8) is 0 Å². The van der Waals surface area contributed by atoms with Gasteiger partial charge in [0.1, 0.15) is 5.82 Å². The maximum atomic E-state index is 13.2. The number of benzene rings is 1. The molecule has 1 aliphatic heterocycles. The van der Waals surface area contributed by atoms with Gasteiger partial charge in [0.15, 0.2) is 0 Å². The molecule has 0 aromatic heterocycles. The van der Waals surface area contributed by atoms with Gasteiger partial charge in [-0.3, -0.25) is 4.79 Å². The number of hydrogen-bond acceptors (Lipinski definition) is 3. The van der Waals surface area contributed by atoms with Crippen molar-refractivity contribution in [2.45, 2.75) is 5.54 Å². The molecule has 0 saturated heterocycles. The van der Waals surface area contributed by atoms with Gasteiger partial charge in [0.2, 0.25) is 5.54 Å². The maximum Gasteiger partial charge on any atom is 0.264 e. The van der Waals surface area contributed by atoms with E-state index in [9.17, 15) is 9.18 Å². The number of nitrogens with one attached hydrogen (secondary N) is 1. The van der Waals surface area contributed by atoms with Gasteiger partial charge in [-0.15, -0.1) is 0 Å². The average molecular weight is 191 g/mol. The molecule has 1 aromatic rings. The zero-order valence-electron chi connectivity index (χ0n) is 7.04. The van der Waals surface area contributed by atoms with Crippen LogP contribution in [0.4, 0.5) is 10.1 Å². The van der Waals surface area contributed by atoms with Crippen LogP contribution < -0.4 is 11.1 Å². The average Bonchev–Trinajstić information content (AvgIpc) is 2.43. The van der Waals surface area contributed by atoms with Crippen LogP contribution in [0.25, 0.3) is 0 Å². The molecule has 1 heterocycles. The molecule has 14 heavy (non-hydrogen) atoms. The molecule has 1 atom stereocenters. The van der Waals surface area contributed by atoms with Gasteiger partial charge in [-0.2, -0.15) is 5.26 Å². The minimum absolute atomic E-state index is 0.00144. The normalized spacial score (nSPS) is 23.9. The van der Waals surface area contributed by atoms with E-state index in [-0.39, 0.29) is 11.3 Å². The molecular weight excluding hydrogens is 185 g/mol. The summed E-state index contributed by atoms with van der Waals surface area (Å²) in [5.74, 6) is -1.28. The van der Waals surface area contributed by atoms with E-state index < -0.39 is 17.3 Å². The Bertz CT molecular complexity index is 466. The number of nitriles is 1. The summed E-state index contributed by atoms with van der Waals surface area (Å²) in [5.41, 5.74) is 3.96. The number of nitrogens with zero attached hydrogens (tertiary/aromatic N) is 1. The highest BCUT2D eigenvalue weighted by Crippen LogP contribution is 2.35. The lowest BCUT2D eigenvalue weighted by atomic mass is 9.94. The van der Waals surface area contributed by atoms with Crippen LogP contribution in [0.3, 0.4) is 0 Å². The van der Waals surface area contributed by atoms with Crippen LogP contribution in [0, 0.1) is 17.1 Å². The van der Waals surface area contributed by atoms with Gasteiger partial charge in [-0.05, 0) is 6.07 Å². The van der Waals surface area contributed by atoms with Crippen molar-refractivity contribution >= 4 is 11.6 Å². The van der Waals surface area contributed by atoms with E-state index in [0.717, 1.165) is 0 Å². The molecule has 0 radical (unpaired) electrons. The SMILES string of the molecule is N#CC1(N)C(=O)Nc2c(F)cccc21. The lowest BCUT2D eigenvalue weighted by Crippen LogP contribution is -2.41. The number of nitrogens with two attached hydrogens (primary N) is 1. The van der Waals surface area contributed by atoms with Crippen LogP contribution in [0.5, 0.6) is 0 Å². The minimum Gasteiger partial charge on any atom is -0.320 e. The van der Waals surface area contributed by atoms with Crippen molar-refractivity contribution in [2.75, 3.05) is 5.32 Å². The van der Waals surface area contributed by atoms with E-state index in [2.05, 4.69) is 5.32 Å². The standard InChI is InChI=1S/C9H6FN3O/c10-6-3-1-2-5-7(6)13-8(14)9(5,12)4-11/h1-3H,12H2,(H,13,14). The van der Waals surface area contributed by atoms with Crippen LogP contribution >= 0.6 is 0 Å². The van der Waals surface area contributed by atoms with Crippen molar-refractivity contribution < 1.29 is 9.18 Å². The minimum atomic E-state index is -1.77. The fraction of sp³-hybridized carbons (Fsp3) is 0.111. The van der Waals surface area contributed by atoms with Gasteiger partial charge < -0.3 is 11.1 Å². The molecule has 70 valence electrons. The molecule has 0 spiro atoms. The second-order valence-corrected chi connectivity index (χ2v) is 3.04. The van der Waals surface area contributed by atoms with E-state index in [4.69, 9.17) is 11.0 Å². The summed E-state index contributed by atoms with van der Waals surface area (Å²) in [6.07, 6.45) is 0. The summed E-state index contributed by atoms with van der Waals surface area (Å²) in [4.78, 5) is 11.3. The van der Waals surface area contributed by atoms with Gasteiger partial charge in [0.25, 0.3) is 5.91 Å². The Morgan fingerprint density at radius 2 is 2.29 bits per heavy atom. The number of rotatable bonds is 0. The molecule has 1 amide bonds. The van der Waals surface area contributed by atoms with E-state index >= 15 is 0 Å². The summed E-state index contributed by atoms with van der Waals surface area (Å²) in [7, 11) is 0. The summed E-state index contributed by atoms with van der Waals surface area (Å²) in [5, 5.41) is 11.0. The Labute approximate surface area is 79.1 Å². The third kappa shape index (κ3) is 0.858. The molecule has 0 fully saturated rings. The van der Waals surface area contributed by atoms with Crippen LogP contribution in [0.1, 0.15) is 5.56 Å². The zero-order valence-corrected chi connectivity index (χ0v) is 7.04. The summed E-state index contributed by atoms with van der Waals surface area (Å²) in [6, 6.07) is 5.74. The second kappa shape index (κ2) is 2.53. The number of carbonyl (C=O) groups excluding carboxylic acids is 1. The third-order valence-corrected chi connectivity index (χ3v) is 2.21. The largest absolute Gasteiger partial charge is 0.320 e. The van der Waals surface area contributed by atoms with Crippen molar-refractivity contribution in [1.82, 2.24) is 0 Å². The monoisotopic (exact) mass is 191 g/mol. The fourth-order valence-corrected chi connectivity index (χ4v) is 1.43. The summed E-state index contributed by atoms with van der Waals surface area (Å²) in [6.45, 7) is 0. The molecule has 3 N–H and O–H groups in total. The van der Waals surface area contributed by atoms with Gasteiger partial charge in [-0.25, -0.2) is 4.39 Å². The van der Waals surface area contributed by atoms with Crippen molar-refractivity contribution in [1.29, 1.82) is 5.26 Å². The first-order chi connectivity index (χ1) is 6.59. The number of hydrogen-bond donors (Lipinski definition) is 2. The fourth-order valence-electron chi connectivity index (χ4n) is 1.43. The van der Waals surface area contributed by atoms with Crippen LogP contribution in [0.2, 0.25) is 0 Å². The van der Waals surface area contributed by atoms with Crippen molar-refractivity contribution in [3.8, 4) is 6.07 Å². The van der Waals surface area contributed by atoms with Crippen LogP contribution in [-0.2, 0) is 10.3 Å². The molecule has 5 heteroatoms. The summed E-state index contributed by atoms with van der Waals surface area (Å²) >= 11 is 0. The van der Waals surface area contributed by atoms with Gasteiger partial charge in [-0.1, -0.05) is 12.1 Å². The van der Waals surface area contributed by atoms with E-state index in [1.165, 1.54) is 18.2 Å². The molecule has 1 aliphatic rings. The Morgan fingerprint density at radius 1 is 1.57 bits per heavy atom. The molecule has 2 rings (SSSR count). The van der Waals surface area contributed by atoms with Crippen molar-refractivity contribution in [2.24, 2.45) is 5.73 Å². The Kier molecular flexibility index (Phi) is 1.56. The number of amides is 1. The predicted octanol–water partition coefficient (Wildman–Crippen LogP) is 0.455. The molecule has 0 saturated carbocycles. The topological polar surface area (TPSA) is 78.9 Å². The number of carbonyl (C=O) groups is 1. The van der Waals surface area contributed by atoms with Crippen molar-refractivity contribution in [3.05, 3.63) is 29.6 Å². The highest BCUT2D eigenvalue weighted by molar-refractivity contribution is 6.07. The first kappa shape index (κ1) is 8.66. The molecule has 0 bridgehead atoms. The Hall–Kier alpha value is -1.93. The van der Waals surface area contributed by atoms with Gasteiger partial charge in [0.05, 0.1) is 11.8 Å². The van der Waals surface area contributed by atoms with Gasteiger partial charge >= 0.3 is 0 Å². The molecule has 1 unspecified atom stereocenters. The zero-order chi connectivity index (χ0) is 10.3. The van der Waals surface area contributed by atoms with Crippen LogP contribution in [0.15, 0.2) is 18.2 Å². The first-order valence-electron chi connectivity index (χ1n) is 3.90. The third-order valence-electron chi connectivity index (χ3n) is 2.21.